The maximum Gasteiger partial charge on any atom is 0.416 e. The summed E-state index contributed by atoms with van der Waals surface area (Å²) in [5, 5.41) is 3.71. The van der Waals surface area contributed by atoms with Gasteiger partial charge in [0.15, 0.2) is 0 Å². The molecule has 0 spiro atoms. The molecule has 4 atom stereocenters. The second-order valence-corrected chi connectivity index (χ2v) is 11.5. The fourth-order valence-electron chi connectivity index (χ4n) is 6.20. The first-order valence-corrected chi connectivity index (χ1v) is 15.1. The smallest absolute Gasteiger partial charge is 0.416 e. The summed E-state index contributed by atoms with van der Waals surface area (Å²) in [4.78, 5) is 24.1. The molecule has 0 saturated carbocycles. The number of alkyl halides is 3. The van der Waals surface area contributed by atoms with Crippen molar-refractivity contribution in [2.75, 3.05) is 40.5 Å². The minimum absolute atomic E-state index is 0.0371. The molecule has 3 aliphatic heterocycles. The SMILES string of the molecule is COc1nc(CC[C@H]2CCC[C@@H](c3ccc(C(F)(F)F)cc3)O2)cc(C(=O)N2CCC(N[C@@H]3CCOC[C@@H]3OC)CC2)n1. The normalized spacial score (nSPS) is 25.5. The molecular formula is C31H41F3N4O5. The Labute approximate surface area is 250 Å². The van der Waals surface area contributed by atoms with Crippen molar-refractivity contribution in [3.8, 4) is 6.01 Å². The molecule has 0 bridgehead atoms. The topological polar surface area (TPSA) is 95.0 Å². The first-order chi connectivity index (χ1) is 20.7. The van der Waals surface area contributed by atoms with Crippen LogP contribution in [0.2, 0.25) is 0 Å². The van der Waals surface area contributed by atoms with Gasteiger partial charge in [-0.05, 0) is 75.1 Å². The number of hydrogen-bond donors (Lipinski definition) is 1. The average molecular weight is 607 g/mol. The molecule has 2 aromatic rings. The molecule has 3 saturated heterocycles. The molecule has 1 aromatic carbocycles. The zero-order valence-electron chi connectivity index (χ0n) is 24.8. The van der Waals surface area contributed by atoms with E-state index in [-0.39, 0.29) is 36.3 Å². The summed E-state index contributed by atoms with van der Waals surface area (Å²) in [7, 11) is 3.19. The Kier molecular flexibility index (Phi) is 10.5. The zero-order valence-corrected chi connectivity index (χ0v) is 24.8. The highest BCUT2D eigenvalue weighted by atomic mass is 19.4. The Morgan fingerprint density at radius 3 is 2.53 bits per heavy atom. The third-order valence-corrected chi connectivity index (χ3v) is 8.68. The van der Waals surface area contributed by atoms with Crippen molar-refractivity contribution in [1.29, 1.82) is 0 Å². The van der Waals surface area contributed by atoms with E-state index in [1.54, 1.807) is 13.2 Å². The van der Waals surface area contributed by atoms with Crippen LogP contribution in [0.1, 0.15) is 78.4 Å². The number of benzene rings is 1. The van der Waals surface area contributed by atoms with Crippen LogP contribution in [0.25, 0.3) is 0 Å². The van der Waals surface area contributed by atoms with Crippen LogP contribution in [0.15, 0.2) is 30.3 Å². The van der Waals surface area contributed by atoms with Gasteiger partial charge in [-0.1, -0.05) is 12.1 Å². The Balaban J connectivity index is 1.15. The van der Waals surface area contributed by atoms with E-state index in [9.17, 15) is 18.0 Å². The molecule has 3 aliphatic rings. The molecule has 5 rings (SSSR count). The van der Waals surface area contributed by atoms with Gasteiger partial charge in [0, 0.05) is 44.6 Å². The number of rotatable bonds is 9. The summed E-state index contributed by atoms with van der Waals surface area (Å²) in [6.07, 6.45) is 1.70. The Morgan fingerprint density at radius 2 is 1.84 bits per heavy atom. The van der Waals surface area contributed by atoms with Gasteiger partial charge < -0.3 is 29.2 Å². The lowest BCUT2D eigenvalue weighted by Gasteiger charge is -2.38. The summed E-state index contributed by atoms with van der Waals surface area (Å²) in [5.41, 5.74) is 1.09. The number of carbonyl (C=O) groups is 1. The minimum Gasteiger partial charge on any atom is -0.467 e. The lowest BCUT2D eigenvalue weighted by Crippen LogP contribution is -2.54. The van der Waals surface area contributed by atoms with E-state index in [1.165, 1.54) is 19.2 Å². The maximum absolute atomic E-state index is 13.4. The average Bonchev–Trinajstić information content (AvgIpc) is 3.03. The van der Waals surface area contributed by atoms with E-state index < -0.39 is 11.7 Å². The lowest BCUT2D eigenvalue weighted by atomic mass is 9.95. The first-order valence-electron chi connectivity index (χ1n) is 15.1. The standard InChI is InChI=1S/C31H41F3N4O5/c1-40-28-19-42-17-14-25(28)35-22-12-15-38(16-13-22)29(39)26-18-23(36-30(37-26)41-2)10-11-24-4-3-5-27(43-24)20-6-8-21(9-7-20)31(32,33)34/h6-9,18,22,24-25,27-28,35H,3-5,10-17,19H2,1-2H3/t24-,25-,27+,28+/m1/s1. The molecule has 236 valence electrons. The number of aryl methyl sites for hydroxylation is 1. The van der Waals surface area contributed by atoms with E-state index in [0.29, 0.717) is 50.0 Å². The van der Waals surface area contributed by atoms with E-state index in [0.717, 1.165) is 62.8 Å². The van der Waals surface area contributed by atoms with Crippen molar-refractivity contribution in [2.24, 2.45) is 0 Å². The van der Waals surface area contributed by atoms with Crippen molar-refractivity contribution >= 4 is 5.91 Å². The molecule has 0 radical (unpaired) electrons. The van der Waals surface area contributed by atoms with Crippen molar-refractivity contribution in [3.05, 3.63) is 52.8 Å². The fourth-order valence-corrected chi connectivity index (χ4v) is 6.20. The molecule has 4 heterocycles. The summed E-state index contributed by atoms with van der Waals surface area (Å²) >= 11 is 0. The van der Waals surface area contributed by atoms with Crippen LogP contribution in [0.3, 0.4) is 0 Å². The van der Waals surface area contributed by atoms with Crippen molar-refractivity contribution < 1.29 is 36.9 Å². The van der Waals surface area contributed by atoms with Crippen LogP contribution in [-0.2, 0) is 26.8 Å². The van der Waals surface area contributed by atoms with Crippen molar-refractivity contribution in [2.45, 2.75) is 87.9 Å². The van der Waals surface area contributed by atoms with E-state index in [2.05, 4.69) is 15.3 Å². The number of piperidine rings is 1. The fraction of sp³-hybridized carbons (Fsp3) is 0.645. The van der Waals surface area contributed by atoms with Gasteiger partial charge in [0.25, 0.3) is 5.91 Å². The van der Waals surface area contributed by atoms with Gasteiger partial charge in [0.05, 0.1) is 37.6 Å². The Morgan fingerprint density at radius 1 is 1.07 bits per heavy atom. The molecule has 3 fully saturated rings. The Bertz CT molecular complexity index is 1210. The van der Waals surface area contributed by atoms with Crippen LogP contribution in [0, 0.1) is 0 Å². The molecular weight excluding hydrogens is 565 g/mol. The summed E-state index contributed by atoms with van der Waals surface area (Å²) in [6.45, 7) is 2.57. The van der Waals surface area contributed by atoms with Crippen molar-refractivity contribution in [1.82, 2.24) is 20.2 Å². The minimum atomic E-state index is -4.36. The van der Waals surface area contributed by atoms with Gasteiger partial charge in [-0.3, -0.25) is 4.79 Å². The molecule has 12 heteroatoms. The number of carbonyl (C=O) groups excluding carboxylic acids is 1. The van der Waals surface area contributed by atoms with Gasteiger partial charge in [-0.25, -0.2) is 4.98 Å². The van der Waals surface area contributed by atoms with Crippen LogP contribution in [-0.4, -0.2) is 85.6 Å². The van der Waals surface area contributed by atoms with E-state index in [4.69, 9.17) is 18.9 Å². The van der Waals surface area contributed by atoms with Gasteiger partial charge in [-0.15, -0.1) is 0 Å². The van der Waals surface area contributed by atoms with Gasteiger partial charge in [0.1, 0.15) is 5.69 Å². The molecule has 0 unspecified atom stereocenters. The number of nitrogens with one attached hydrogen (secondary N) is 1. The highest BCUT2D eigenvalue weighted by molar-refractivity contribution is 5.92. The first kappa shape index (κ1) is 31.6. The van der Waals surface area contributed by atoms with Crippen LogP contribution in [0.5, 0.6) is 6.01 Å². The molecule has 43 heavy (non-hydrogen) atoms. The largest absolute Gasteiger partial charge is 0.467 e. The molecule has 1 N–H and O–H groups in total. The van der Waals surface area contributed by atoms with Crippen molar-refractivity contribution in [3.63, 3.8) is 0 Å². The number of ether oxygens (including phenoxy) is 4. The zero-order chi connectivity index (χ0) is 30.4. The predicted octanol–water partition coefficient (Wildman–Crippen LogP) is 4.75. The summed E-state index contributed by atoms with van der Waals surface area (Å²) in [6, 6.07) is 7.66. The third-order valence-electron chi connectivity index (χ3n) is 8.68. The maximum atomic E-state index is 13.4. The molecule has 0 aliphatic carbocycles. The summed E-state index contributed by atoms with van der Waals surface area (Å²) < 4.78 is 61.6. The number of aromatic nitrogens is 2. The Hall–Kier alpha value is -2.80. The number of halogens is 3. The van der Waals surface area contributed by atoms with E-state index in [1.807, 2.05) is 4.90 Å². The number of nitrogens with zero attached hydrogens (tertiary/aromatic N) is 3. The van der Waals surface area contributed by atoms with Crippen LogP contribution >= 0.6 is 0 Å². The quantitative estimate of drug-likeness (QED) is 0.438. The van der Waals surface area contributed by atoms with Gasteiger partial charge in [0.2, 0.25) is 0 Å². The monoisotopic (exact) mass is 606 g/mol. The van der Waals surface area contributed by atoms with Gasteiger partial charge >= 0.3 is 12.2 Å². The number of methoxy groups -OCH3 is 2. The molecule has 1 amide bonds. The summed E-state index contributed by atoms with van der Waals surface area (Å²) in [5.74, 6) is -0.141. The lowest BCUT2D eigenvalue weighted by molar-refractivity contribution is -0.137. The number of hydrogen-bond acceptors (Lipinski definition) is 8. The van der Waals surface area contributed by atoms with E-state index >= 15 is 0 Å². The predicted molar refractivity (Wildman–Crippen MR) is 152 cm³/mol. The third kappa shape index (κ3) is 8.23. The van der Waals surface area contributed by atoms with Gasteiger partial charge in [-0.2, -0.15) is 18.2 Å². The molecule has 1 aromatic heterocycles. The highest BCUT2D eigenvalue weighted by Crippen LogP contribution is 2.35. The van der Waals surface area contributed by atoms with Crippen LogP contribution < -0.4 is 10.1 Å². The molecule has 9 nitrogen and oxygen atoms in total. The number of likely N-dealkylation sites (tertiary alicyclic amines) is 1. The highest BCUT2D eigenvalue weighted by Gasteiger charge is 2.32. The second-order valence-electron chi connectivity index (χ2n) is 11.5. The number of amides is 1. The second kappa shape index (κ2) is 14.3. The van der Waals surface area contributed by atoms with Crippen LogP contribution in [0.4, 0.5) is 13.2 Å².